The van der Waals surface area contributed by atoms with Gasteiger partial charge in [0, 0.05) is 0 Å². The maximum absolute atomic E-state index is 11.8. The Labute approximate surface area is 80.9 Å². The Morgan fingerprint density at radius 2 is 2.00 bits per heavy atom. The first kappa shape index (κ1) is 10.0. The van der Waals surface area contributed by atoms with Crippen molar-refractivity contribution in [1.82, 2.24) is 0 Å². The number of halogens is 3. The van der Waals surface area contributed by atoms with Crippen molar-refractivity contribution in [2.45, 2.75) is 19.0 Å². The van der Waals surface area contributed by atoms with E-state index < -0.39 is 12.8 Å². The molecular formula is C10H13F3O. The predicted octanol–water partition coefficient (Wildman–Crippen LogP) is 2.78. The summed E-state index contributed by atoms with van der Waals surface area (Å²) in [5, 5.41) is 0. The summed E-state index contributed by atoms with van der Waals surface area (Å²) in [6.07, 6.45) is 2.22. The maximum Gasteiger partial charge on any atom is 0.411 e. The van der Waals surface area contributed by atoms with Gasteiger partial charge in [-0.1, -0.05) is 12.2 Å². The normalized spacial score (nSPS) is 35.5. The molecule has 14 heavy (non-hydrogen) atoms. The summed E-state index contributed by atoms with van der Waals surface area (Å²) < 4.78 is 40.0. The third-order valence-corrected chi connectivity index (χ3v) is 3.01. The summed E-state index contributed by atoms with van der Waals surface area (Å²) >= 11 is 0. The van der Waals surface area contributed by atoms with E-state index in [0.717, 1.165) is 12.8 Å². The molecule has 0 radical (unpaired) electrons. The topological polar surface area (TPSA) is 9.23 Å². The van der Waals surface area contributed by atoms with Crippen LogP contribution in [0, 0.1) is 17.8 Å². The van der Waals surface area contributed by atoms with Crippen LogP contribution in [0.1, 0.15) is 12.8 Å². The summed E-state index contributed by atoms with van der Waals surface area (Å²) in [5.41, 5.74) is 0. The summed E-state index contributed by atoms with van der Waals surface area (Å²) in [5.74, 6) is 1.38. The second-order valence-corrected chi connectivity index (χ2v) is 4.17. The van der Waals surface area contributed by atoms with E-state index in [1.54, 1.807) is 0 Å². The third kappa shape index (κ3) is 2.29. The van der Waals surface area contributed by atoms with Gasteiger partial charge in [0.05, 0.1) is 6.61 Å². The first-order valence-corrected chi connectivity index (χ1v) is 4.87. The quantitative estimate of drug-likeness (QED) is 0.645. The van der Waals surface area contributed by atoms with Gasteiger partial charge in [-0.3, -0.25) is 0 Å². The van der Waals surface area contributed by atoms with E-state index in [2.05, 4.69) is 16.9 Å². The smallest absolute Gasteiger partial charge is 0.372 e. The molecule has 0 spiro atoms. The Bertz CT molecular complexity index is 234. The molecule has 3 atom stereocenters. The van der Waals surface area contributed by atoms with Gasteiger partial charge in [-0.15, -0.1) is 0 Å². The lowest BCUT2D eigenvalue weighted by Gasteiger charge is -2.18. The van der Waals surface area contributed by atoms with Crippen LogP contribution in [-0.4, -0.2) is 19.4 Å². The zero-order chi connectivity index (χ0) is 10.2. The van der Waals surface area contributed by atoms with Gasteiger partial charge in [-0.25, -0.2) is 0 Å². The number of hydrogen-bond acceptors (Lipinski definition) is 1. The number of rotatable bonds is 3. The first-order valence-electron chi connectivity index (χ1n) is 4.87. The number of alkyl halides is 3. The van der Waals surface area contributed by atoms with Gasteiger partial charge in [-0.05, 0) is 30.6 Å². The van der Waals surface area contributed by atoms with E-state index in [1.165, 1.54) is 0 Å². The Kier molecular flexibility index (Phi) is 2.56. The van der Waals surface area contributed by atoms with Crippen LogP contribution < -0.4 is 0 Å². The fourth-order valence-electron chi connectivity index (χ4n) is 2.41. The summed E-state index contributed by atoms with van der Waals surface area (Å²) in [6, 6.07) is 0. The van der Waals surface area contributed by atoms with Gasteiger partial charge in [0.1, 0.15) is 6.61 Å². The molecule has 0 amide bonds. The third-order valence-electron chi connectivity index (χ3n) is 3.01. The van der Waals surface area contributed by atoms with Crippen LogP contribution in [-0.2, 0) is 4.74 Å². The molecule has 2 bridgehead atoms. The lowest BCUT2D eigenvalue weighted by molar-refractivity contribution is -0.177. The van der Waals surface area contributed by atoms with Crippen molar-refractivity contribution < 1.29 is 17.9 Å². The van der Waals surface area contributed by atoms with Crippen molar-refractivity contribution in [2.75, 3.05) is 13.2 Å². The zero-order valence-electron chi connectivity index (χ0n) is 7.76. The zero-order valence-corrected chi connectivity index (χ0v) is 7.76. The highest BCUT2D eigenvalue weighted by molar-refractivity contribution is 5.09. The van der Waals surface area contributed by atoms with Gasteiger partial charge in [0.15, 0.2) is 0 Å². The fourth-order valence-corrected chi connectivity index (χ4v) is 2.41. The monoisotopic (exact) mass is 206 g/mol. The van der Waals surface area contributed by atoms with Crippen LogP contribution in [0.2, 0.25) is 0 Å². The molecular weight excluding hydrogens is 193 g/mol. The second-order valence-electron chi connectivity index (χ2n) is 4.17. The molecule has 80 valence electrons. The largest absolute Gasteiger partial charge is 0.411 e. The standard InChI is InChI=1S/C10H13F3O/c11-10(12,13)6-14-5-9-4-7-1-2-8(9)3-7/h1-2,7-9H,3-6H2. The molecule has 1 saturated carbocycles. The lowest BCUT2D eigenvalue weighted by atomic mass is 9.95. The molecule has 1 fully saturated rings. The first-order chi connectivity index (χ1) is 6.54. The van der Waals surface area contributed by atoms with Crippen LogP contribution in [0.3, 0.4) is 0 Å². The van der Waals surface area contributed by atoms with Gasteiger partial charge in [0.25, 0.3) is 0 Å². The summed E-state index contributed by atoms with van der Waals surface area (Å²) in [6.45, 7) is -0.852. The lowest BCUT2D eigenvalue weighted by Crippen LogP contribution is -2.22. The van der Waals surface area contributed by atoms with E-state index in [9.17, 15) is 13.2 Å². The molecule has 0 aromatic rings. The number of hydrogen-bond donors (Lipinski definition) is 0. The fraction of sp³-hybridized carbons (Fsp3) is 0.800. The minimum atomic E-state index is -4.19. The molecule has 0 N–H and O–H groups in total. The van der Waals surface area contributed by atoms with Crippen molar-refractivity contribution in [1.29, 1.82) is 0 Å². The Hall–Kier alpha value is -0.510. The number of allylic oxidation sites excluding steroid dienone is 2. The predicted molar refractivity (Wildman–Crippen MR) is 45.7 cm³/mol. The Balaban J connectivity index is 1.70. The van der Waals surface area contributed by atoms with Gasteiger partial charge in [-0.2, -0.15) is 13.2 Å². The van der Waals surface area contributed by atoms with E-state index in [4.69, 9.17) is 0 Å². The van der Waals surface area contributed by atoms with Crippen LogP contribution in [0.4, 0.5) is 13.2 Å². The van der Waals surface area contributed by atoms with Gasteiger partial charge in [0.2, 0.25) is 0 Å². The molecule has 2 rings (SSSR count). The molecule has 1 nitrogen and oxygen atoms in total. The number of fused-ring (bicyclic) bond motifs is 2. The molecule has 0 aliphatic heterocycles. The Morgan fingerprint density at radius 1 is 1.21 bits per heavy atom. The van der Waals surface area contributed by atoms with Crippen LogP contribution in [0.5, 0.6) is 0 Å². The van der Waals surface area contributed by atoms with Crippen LogP contribution in [0.15, 0.2) is 12.2 Å². The molecule has 0 heterocycles. The molecule has 2 aliphatic rings. The van der Waals surface area contributed by atoms with Gasteiger partial charge >= 0.3 is 6.18 Å². The van der Waals surface area contributed by atoms with Crippen molar-refractivity contribution in [3.8, 4) is 0 Å². The highest BCUT2D eigenvalue weighted by atomic mass is 19.4. The van der Waals surface area contributed by atoms with Crippen molar-refractivity contribution >= 4 is 0 Å². The Morgan fingerprint density at radius 3 is 2.50 bits per heavy atom. The molecule has 2 aliphatic carbocycles. The molecule has 3 unspecified atom stereocenters. The average Bonchev–Trinajstić information content (AvgIpc) is 2.62. The average molecular weight is 206 g/mol. The second kappa shape index (κ2) is 3.57. The highest BCUT2D eigenvalue weighted by Gasteiger charge is 2.36. The highest BCUT2D eigenvalue weighted by Crippen LogP contribution is 2.43. The SMILES string of the molecule is FC(F)(F)COCC1CC2C=CC1C2. The minimum Gasteiger partial charge on any atom is -0.372 e. The van der Waals surface area contributed by atoms with Crippen LogP contribution >= 0.6 is 0 Å². The van der Waals surface area contributed by atoms with Crippen LogP contribution in [0.25, 0.3) is 0 Å². The van der Waals surface area contributed by atoms with E-state index in [-0.39, 0.29) is 6.61 Å². The summed E-state index contributed by atoms with van der Waals surface area (Å²) in [7, 11) is 0. The molecule has 0 aromatic carbocycles. The minimum absolute atomic E-state index is 0.255. The summed E-state index contributed by atoms with van der Waals surface area (Å²) in [4.78, 5) is 0. The molecule has 0 saturated heterocycles. The van der Waals surface area contributed by atoms with Crippen molar-refractivity contribution in [3.63, 3.8) is 0 Å². The van der Waals surface area contributed by atoms with E-state index in [1.807, 2.05) is 0 Å². The van der Waals surface area contributed by atoms with E-state index in [0.29, 0.717) is 17.8 Å². The van der Waals surface area contributed by atoms with Crippen molar-refractivity contribution in [2.24, 2.45) is 17.8 Å². The van der Waals surface area contributed by atoms with E-state index >= 15 is 0 Å². The molecule has 4 heteroatoms. The maximum atomic E-state index is 11.8. The van der Waals surface area contributed by atoms with Crippen molar-refractivity contribution in [3.05, 3.63) is 12.2 Å². The molecule has 0 aromatic heterocycles. The van der Waals surface area contributed by atoms with Gasteiger partial charge < -0.3 is 4.74 Å². The number of ether oxygens (including phenoxy) is 1.